The molecule has 1 atom stereocenters. The highest BCUT2D eigenvalue weighted by atomic mass is 16.6. The number of benzene rings is 1. The summed E-state index contributed by atoms with van der Waals surface area (Å²) in [5.41, 5.74) is 1.26. The molecule has 0 aliphatic carbocycles. The van der Waals surface area contributed by atoms with E-state index < -0.39 is 0 Å². The van der Waals surface area contributed by atoms with E-state index in [0.29, 0.717) is 6.04 Å². The van der Waals surface area contributed by atoms with Gasteiger partial charge in [0.2, 0.25) is 0 Å². The van der Waals surface area contributed by atoms with Crippen molar-refractivity contribution >= 4 is 5.69 Å². The number of hydrogen-bond donors (Lipinski definition) is 1. The first-order valence-corrected chi connectivity index (χ1v) is 6.91. The summed E-state index contributed by atoms with van der Waals surface area (Å²) in [6, 6.07) is 7.38. The monoisotopic (exact) mass is 263 g/mol. The van der Waals surface area contributed by atoms with Gasteiger partial charge in [-0.3, -0.25) is 15.0 Å². The number of non-ortho nitro benzene ring substituents is 1. The minimum atomic E-state index is -0.315. The minimum absolute atomic E-state index is 0.189. The second-order valence-electron chi connectivity index (χ2n) is 4.94. The van der Waals surface area contributed by atoms with Crippen LogP contribution in [0.1, 0.15) is 31.4 Å². The molecule has 104 valence electrons. The predicted molar refractivity (Wildman–Crippen MR) is 75.2 cm³/mol. The van der Waals surface area contributed by atoms with Crippen LogP contribution in [0.2, 0.25) is 0 Å². The molecule has 0 aromatic heterocycles. The molecule has 1 fully saturated rings. The lowest BCUT2D eigenvalue weighted by atomic mass is 9.99. The van der Waals surface area contributed by atoms with Gasteiger partial charge in [-0.05, 0) is 12.0 Å². The van der Waals surface area contributed by atoms with Gasteiger partial charge in [0.15, 0.2) is 0 Å². The van der Waals surface area contributed by atoms with Crippen molar-refractivity contribution in [3.63, 3.8) is 0 Å². The summed E-state index contributed by atoms with van der Waals surface area (Å²) < 4.78 is 0. The van der Waals surface area contributed by atoms with Crippen molar-refractivity contribution < 1.29 is 4.92 Å². The van der Waals surface area contributed by atoms with Crippen molar-refractivity contribution in [3.8, 4) is 0 Å². The Morgan fingerprint density at radius 3 is 2.79 bits per heavy atom. The maximum Gasteiger partial charge on any atom is 0.269 e. The molecule has 0 spiro atoms. The van der Waals surface area contributed by atoms with E-state index in [0.717, 1.165) is 44.6 Å². The van der Waals surface area contributed by atoms with Crippen molar-refractivity contribution in [1.82, 2.24) is 10.2 Å². The van der Waals surface area contributed by atoms with Gasteiger partial charge in [0.1, 0.15) is 0 Å². The quantitative estimate of drug-likeness (QED) is 0.654. The summed E-state index contributed by atoms with van der Waals surface area (Å²) in [4.78, 5) is 13.0. The SMILES string of the molecule is CCC[C@H](c1cccc([N+](=O)[O-])c1)N1CCNCC1. The number of nitro groups is 1. The van der Waals surface area contributed by atoms with Crippen molar-refractivity contribution in [2.75, 3.05) is 26.2 Å². The normalized spacial score (nSPS) is 18.2. The van der Waals surface area contributed by atoms with Gasteiger partial charge >= 0.3 is 0 Å². The second kappa shape index (κ2) is 6.63. The molecule has 5 heteroatoms. The van der Waals surface area contributed by atoms with E-state index >= 15 is 0 Å². The molecule has 2 rings (SSSR count). The van der Waals surface area contributed by atoms with Gasteiger partial charge in [0.05, 0.1) is 4.92 Å². The number of nitrogens with zero attached hydrogens (tertiary/aromatic N) is 2. The standard InChI is InChI=1S/C14H21N3O2/c1-2-4-14(16-9-7-15-8-10-16)12-5-3-6-13(11-12)17(18)19/h3,5-6,11,14-15H,2,4,7-10H2,1H3/t14-/m1/s1. The smallest absolute Gasteiger partial charge is 0.269 e. The van der Waals surface area contributed by atoms with Crippen LogP contribution >= 0.6 is 0 Å². The lowest BCUT2D eigenvalue weighted by Crippen LogP contribution is -2.45. The van der Waals surface area contributed by atoms with Crippen LogP contribution in [0.25, 0.3) is 0 Å². The third-order valence-corrected chi connectivity index (χ3v) is 3.62. The molecule has 1 aromatic rings. The van der Waals surface area contributed by atoms with Gasteiger partial charge in [0, 0.05) is 44.4 Å². The van der Waals surface area contributed by atoms with Crippen LogP contribution in [0.15, 0.2) is 24.3 Å². The number of nitro benzene ring substituents is 1. The fourth-order valence-electron chi connectivity index (χ4n) is 2.67. The van der Waals surface area contributed by atoms with Crippen LogP contribution < -0.4 is 5.32 Å². The Labute approximate surface area is 113 Å². The molecule has 0 unspecified atom stereocenters. The molecule has 1 aliphatic rings. The zero-order valence-electron chi connectivity index (χ0n) is 11.3. The van der Waals surface area contributed by atoms with Crippen LogP contribution in [-0.4, -0.2) is 36.0 Å². The summed E-state index contributed by atoms with van der Waals surface area (Å²) in [5.74, 6) is 0. The highest BCUT2D eigenvalue weighted by molar-refractivity contribution is 5.35. The van der Waals surface area contributed by atoms with Crippen LogP contribution in [0.3, 0.4) is 0 Å². The molecule has 1 aromatic carbocycles. The predicted octanol–water partition coefficient (Wildman–Crippen LogP) is 2.34. The molecule has 0 radical (unpaired) electrons. The molecule has 5 nitrogen and oxygen atoms in total. The van der Waals surface area contributed by atoms with Crippen molar-refractivity contribution in [1.29, 1.82) is 0 Å². The summed E-state index contributed by atoms with van der Waals surface area (Å²) in [7, 11) is 0. The van der Waals surface area contributed by atoms with E-state index in [1.54, 1.807) is 18.2 Å². The minimum Gasteiger partial charge on any atom is -0.314 e. The topological polar surface area (TPSA) is 58.4 Å². The fraction of sp³-hybridized carbons (Fsp3) is 0.571. The third kappa shape index (κ3) is 3.52. The van der Waals surface area contributed by atoms with E-state index in [-0.39, 0.29) is 10.6 Å². The zero-order valence-corrected chi connectivity index (χ0v) is 11.3. The number of nitrogens with one attached hydrogen (secondary N) is 1. The Balaban J connectivity index is 2.22. The van der Waals surface area contributed by atoms with Crippen molar-refractivity contribution in [3.05, 3.63) is 39.9 Å². The van der Waals surface area contributed by atoms with Crippen LogP contribution in [0.5, 0.6) is 0 Å². The Morgan fingerprint density at radius 1 is 1.42 bits per heavy atom. The third-order valence-electron chi connectivity index (χ3n) is 3.62. The van der Waals surface area contributed by atoms with Crippen molar-refractivity contribution in [2.24, 2.45) is 0 Å². The van der Waals surface area contributed by atoms with Gasteiger partial charge in [-0.1, -0.05) is 25.5 Å². The molecule has 0 amide bonds. The number of hydrogen-bond acceptors (Lipinski definition) is 4. The Kier molecular flexibility index (Phi) is 4.87. The summed E-state index contributed by atoms with van der Waals surface area (Å²) in [5, 5.41) is 14.2. The zero-order chi connectivity index (χ0) is 13.7. The molecule has 0 bridgehead atoms. The molecule has 1 aliphatic heterocycles. The lowest BCUT2D eigenvalue weighted by Gasteiger charge is -2.35. The summed E-state index contributed by atoms with van der Waals surface area (Å²) in [6.07, 6.45) is 2.12. The van der Waals surface area contributed by atoms with Crippen LogP contribution in [-0.2, 0) is 0 Å². The van der Waals surface area contributed by atoms with E-state index in [4.69, 9.17) is 0 Å². The Bertz CT molecular complexity index is 430. The molecule has 19 heavy (non-hydrogen) atoms. The first kappa shape index (κ1) is 14.0. The molecule has 1 saturated heterocycles. The molecular weight excluding hydrogens is 242 g/mol. The lowest BCUT2D eigenvalue weighted by molar-refractivity contribution is -0.385. The maximum atomic E-state index is 10.9. The average Bonchev–Trinajstić information content (AvgIpc) is 2.46. The van der Waals surface area contributed by atoms with Gasteiger partial charge < -0.3 is 5.32 Å². The van der Waals surface area contributed by atoms with Gasteiger partial charge in [-0.25, -0.2) is 0 Å². The highest BCUT2D eigenvalue weighted by Gasteiger charge is 2.22. The van der Waals surface area contributed by atoms with E-state index in [2.05, 4.69) is 17.1 Å². The Hall–Kier alpha value is -1.46. The van der Waals surface area contributed by atoms with E-state index in [1.807, 2.05) is 6.07 Å². The van der Waals surface area contributed by atoms with Crippen molar-refractivity contribution in [2.45, 2.75) is 25.8 Å². The van der Waals surface area contributed by atoms with Gasteiger partial charge in [0.25, 0.3) is 5.69 Å². The first-order valence-electron chi connectivity index (χ1n) is 6.91. The number of piperazine rings is 1. The van der Waals surface area contributed by atoms with Crippen LogP contribution in [0, 0.1) is 10.1 Å². The molecular formula is C14H21N3O2. The maximum absolute atomic E-state index is 10.9. The van der Waals surface area contributed by atoms with E-state index in [1.165, 1.54) is 0 Å². The van der Waals surface area contributed by atoms with Gasteiger partial charge in [-0.2, -0.15) is 0 Å². The molecule has 0 saturated carbocycles. The first-order chi connectivity index (χ1) is 9.22. The number of rotatable bonds is 5. The fourth-order valence-corrected chi connectivity index (χ4v) is 2.67. The second-order valence-corrected chi connectivity index (χ2v) is 4.94. The average molecular weight is 263 g/mol. The van der Waals surface area contributed by atoms with Crippen LogP contribution in [0.4, 0.5) is 5.69 Å². The molecule has 1 heterocycles. The largest absolute Gasteiger partial charge is 0.314 e. The molecule has 1 N–H and O–H groups in total. The summed E-state index contributed by atoms with van der Waals surface area (Å²) >= 11 is 0. The Morgan fingerprint density at radius 2 is 2.16 bits per heavy atom. The van der Waals surface area contributed by atoms with E-state index in [9.17, 15) is 10.1 Å². The highest BCUT2D eigenvalue weighted by Crippen LogP contribution is 2.28. The van der Waals surface area contributed by atoms with Gasteiger partial charge in [-0.15, -0.1) is 0 Å². The summed E-state index contributed by atoms with van der Waals surface area (Å²) in [6.45, 7) is 6.16.